The molecule has 28 heavy (non-hydrogen) atoms. The number of fused-ring (bicyclic) bond motifs is 1. The molecule has 3 rings (SSSR count). The van der Waals surface area contributed by atoms with Gasteiger partial charge in [0.15, 0.2) is 11.5 Å². The molecule has 0 spiro atoms. The highest BCUT2D eigenvalue weighted by molar-refractivity contribution is 5.94. The van der Waals surface area contributed by atoms with Gasteiger partial charge in [-0.1, -0.05) is 0 Å². The molecule has 1 aliphatic rings. The topological polar surface area (TPSA) is 64.1 Å². The van der Waals surface area contributed by atoms with E-state index in [-0.39, 0.29) is 12.1 Å². The van der Waals surface area contributed by atoms with E-state index in [1.54, 1.807) is 25.3 Å². The first-order valence-electron chi connectivity index (χ1n) is 9.49. The Hall–Kier alpha value is -2.70. The number of carbonyl (C=O) groups is 1. The molecule has 1 atom stereocenters. The number of hydrogen-bond donors (Lipinski definition) is 0. The van der Waals surface area contributed by atoms with Crippen LogP contribution in [-0.4, -0.2) is 61.5 Å². The summed E-state index contributed by atoms with van der Waals surface area (Å²) < 4.78 is 16.4. The molecular formula is C21H29N3O4. The van der Waals surface area contributed by atoms with Crippen LogP contribution in [0.25, 0.3) is 10.9 Å². The molecule has 7 heteroatoms. The number of ether oxygens (including phenoxy) is 3. The quantitative estimate of drug-likeness (QED) is 0.800. The van der Waals surface area contributed by atoms with Gasteiger partial charge in [-0.15, -0.1) is 0 Å². The van der Waals surface area contributed by atoms with Crippen molar-refractivity contribution in [1.82, 2.24) is 9.88 Å². The molecule has 0 bridgehead atoms. The summed E-state index contributed by atoms with van der Waals surface area (Å²) in [5.41, 5.74) is 1.42. The SMILES string of the molecule is COc1cc2nccc(N3CCN(C(=O)OC(C)(C)C)[C@H](C)C3)c2cc1OC. The van der Waals surface area contributed by atoms with E-state index in [1.807, 2.05) is 45.9 Å². The van der Waals surface area contributed by atoms with E-state index in [4.69, 9.17) is 14.2 Å². The molecule has 7 nitrogen and oxygen atoms in total. The van der Waals surface area contributed by atoms with Crippen molar-refractivity contribution in [3.8, 4) is 11.5 Å². The van der Waals surface area contributed by atoms with Gasteiger partial charge in [-0.25, -0.2) is 4.79 Å². The second kappa shape index (κ2) is 7.73. The lowest BCUT2D eigenvalue weighted by molar-refractivity contribution is 0.0159. The second-order valence-electron chi connectivity index (χ2n) is 8.02. The fourth-order valence-electron chi connectivity index (χ4n) is 3.50. The number of pyridine rings is 1. The first kappa shape index (κ1) is 20.0. The number of piperazine rings is 1. The molecule has 1 aromatic heterocycles. The minimum atomic E-state index is -0.495. The maximum atomic E-state index is 12.5. The summed E-state index contributed by atoms with van der Waals surface area (Å²) in [6.45, 7) is 9.74. The molecule has 1 amide bonds. The number of methoxy groups -OCH3 is 2. The molecular weight excluding hydrogens is 358 g/mol. The van der Waals surface area contributed by atoms with Gasteiger partial charge in [0.25, 0.3) is 0 Å². The number of amides is 1. The number of benzene rings is 1. The molecule has 0 aliphatic carbocycles. The highest BCUT2D eigenvalue weighted by Gasteiger charge is 2.31. The zero-order valence-corrected chi connectivity index (χ0v) is 17.5. The fourth-order valence-corrected chi connectivity index (χ4v) is 3.50. The lowest BCUT2D eigenvalue weighted by atomic mass is 10.1. The van der Waals surface area contributed by atoms with Gasteiger partial charge in [-0.2, -0.15) is 0 Å². The van der Waals surface area contributed by atoms with Crippen LogP contribution in [0.2, 0.25) is 0 Å². The Morgan fingerprint density at radius 2 is 1.82 bits per heavy atom. The summed E-state index contributed by atoms with van der Waals surface area (Å²) in [7, 11) is 3.24. The summed E-state index contributed by atoms with van der Waals surface area (Å²) in [5.74, 6) is 1.33. The average Bonchev–Trinajstić information content (AvgIpc) is 2.64. The summed E-state index contributed by atoms with van der Waals surface area (Å²) >= 11 is 0. The Morgan fingerprint density at radius 1 is 1.14 bits per heavy atom. The third kappa shape index (κ3) is 4.08. The summed E-state index contributed by atoms with van der Waals surface area (Å²) in [6, 6.07) is 5.88. The highest BCUT2D eigenvalue weighted by atomic mass is 16.6. The van der Waals surface area contributed by atoms with Gasteiger partial charge >= 0.3 is 6.09 Å². The molecule has 0 radical (unpaired) electrons. The van der Waals surface area contributed by atoms with Gasteiger partial charge in [0.1, 0.15) is 5.60 Å². The second-order valence-corrected chi connectivity index (χ2v) is 8.02. The Labute approximate surface area is 166 Å². The largest absolute Gasteiger partial charge is 0.493 e. The first-order valence-corrected chi connectivity index (χ1v) is 9.49. The van der Waals surface area contributed by atoms with Gasteiger partial charge in [-0.05, 0) is 39.8 Å². The Kier molecular flexibility index (Phi) is 5.54. The third-order valence-electron chi connectivity index (χ3n) is 4.82. The predicted octanol–water partition coefficient (Wildman–Crippen LogP) is 3.70. The van der Waals surface area contributed by atoms with E-state index < -0.39 is 5.60 Å². The molecule has 1 saturated heterocycles. The number of rotatable bonds is 3. The van der Waals surface area contributed by atoms with Crippen molar-refractivity contribution >= 4 is 22.7 Å². The van der Waals surface area contributed by atoms with Crippen LogP contribution in [0, 0.1) is 0 Å². The van der Waals surface area contributed by atoms with E-state index in [2.05, 4.69) is 9.88 Å². The van der Waals surface area contributed by atoms with E-state index in [0.717, 1.165) is 23.1 Å². The molecule has 152 valence electrons. The van der Waals surface area contributed by atoms with Crippen molar-refractivity contribution < 1.29 is 19.0 Å². The summed E-state index contributed by atoms with van der Waals surface area (Å²) in [6.07, 6.45) is 1.54. The highest BCUT2D eigenvalue weighted by Crippen LogP contribution is 2.36. The summed E-state index contributed by atoms with van der Waals surface area (Å²) in [4.78, 5) is 21.0. The Balaban J connectivity index is 1.85. The van der Waals surface area contributed by atoms with Crippen LogP contribution in [0.15, 0.2) is 24.4 Å². The molecule has 0 unspecified atom stereocenters. The van der Waals surface area contributed by atoms with Crippen molar-refractivity contribution in [3.05, 3.63) is 24.4 Å². The Morgan fingerprint density at radius 3 is 2.43 bits per heavy atom. The van der Waals surface area contributed by atoms with Crippen LogP contribution >= 0.6 is 0 Å². The lowest BCUT2D eigenvalue weighted by Crippen LogP contribution is -2.55. The minimum absolute atomic E-state index is 0.0342. The van der Waals surface area contributed by atoms with Crippen LogP contribution < -0.4 is 14.4 Å². The number of carbonyl (C=O) groups excluding carboxylic acids is 1. The zero-order valence-electron chi connectivity index (χ0n) is 17.5. The average molecular weight is 387 g/mol. The standard InChI is InChI=1S/C21H29N3O4/c1-14-13-23(9-10-24(14)20(25)28-21(2,3)4)17-7-8-22-16-12-19(27-6)18(26-5)11-15(16)17/h7-8,11-12,14H,9-10,13H2,1-6H3/t14-/m1/s1. The van der Waals surface area contributed by atoms with Crippen molar-refractivity contribution in [2.24, 2.45) is 0 Å². The molecule has 1 fully saturated rings. The molecule has 2 heterocycles. The molecule has 0 saturated carbocycles. The molecule has 1 aromatic carbocycles. The van der Waals surface area contributed by atoms with Crippen LogP contribution in [0.4, 0.5) is 10.5 Å². The van der Waals surface area contributed by atoms with Crippen molar-refractivity contribution in [2.45, 2.75) is 39.3 Å². The molecule has 0 N–H and O–H groups in total. The molecule has 2 aromatic rings. The van der Waals surface area contributed by atoms with Crippen LogP contribution in [0.3, 0.4) is 0 Å². The maximum Gasteiger partial charge on any atom is 0.410 e. The smallest absolute Gasteiger partial charge is 0.410 e. The first-order chi connectivity index (χ1) is 13.2. The van der Waals surface area contributed by atoms with Crippen molar-refractivity contribution in [3.63, 3.8) is 0 Å². The lowest BCUT2D eigenvalue weighted by Gasteiger charge is -2.41. The number of nitrogens with zero attached hydrogens (tertiary/aromatic N) is 3. The van der Waals surface area contributed by atoms with E-state index in [0.29, 0.717) is 24.6 Å². The van der Waals surface area contributed by atoms with E-state index in [9.17, 15) is 4.79 Å². The normalized spacial score (nSPS) is 17.6. The number of aromatic nitrogens is 1. The summed E-state index contributed by atoms with van der Waals surface area (Å²) in [5, 5.41) is 0.998. The minimum Gasteiger partial charge on any atom is -0.493 e. The van der Waals surface area contributed by atoms with Gasteiger partial charge in [0.05, 0.1) is 19.7 Å². The third-order valence-corrected chi connectivity index (χ3v) is 4.82. The van der Waals surface area contributed by atoms with Gasteiger partial charge in [0.2, 0.25) is 0 Å². The zero-order chi connectivity index (χ0) is 20.5. The van der Waals surface area contributed by atoms with Crippen LogP contribution in [0.5, 0.6) is 11.5 Å². The van der Waals surface area contributed by atoms with Gasteiger partial charge in [-0.3, -0.25) is 4.98 Å². The van der Waals surface area contributed by atoms with E-state index >= 15 is 0 Å². The monoisotopic (exact) mass is 387 g/mol. The van der Waals surface area contributed by atoms with Crippen molar-refractivity contribution in [1.29, 1.82) is 0 Å². The van der Waals surface area contributed by atoms with Crippen LogP contribution in [0.1, 0.15) is 27.7 Å². The van der Waals surface area contributed by atoms with Gasteiger partial charge < -0.3 is 24.0 Å². The molecule has 1 aliphatic heterocycles. The maximum absolute atomic E-state index is 12.5. The number of anilines is 1. The Bertz CT molecular complexity index is 863. The predicted molar refractivity (Wildman–Crippen MR) is 109 cm³/mol. The number of hydrogen-bond acceptors (Lipinski definition) is 6. The van der Waals surface area contributed by atoms with Gasteiger partial charge in [0, 0.05) is 49.0 Å². The van der Waals surface area contributed by atoms with E-state index in [1.165, 1.54) is 0 Å². The van der Waals surface area contributed by atoms with Crippen molar-refractivity contribution in [2.75, 3.05) is 38.8 Å². The van der Waals surface area contributed by atoms with Crippen LogP contribution in [-0.2, 0) is 4.74 Å². The fraction of sp³-hybridized carbons (Fsp3) is 0.524.